The van der Waals surface area contributed by atoms with Gasteiger partial charge in [-0.3, -0.25) is 9.59 Å². The molecule has 0 aliphatic carbocycles. The Hall–Kier alpha value is -4.45. The third-order valence-corrected chi connectivity index (χ3v) is 5.58. The number of nitrogens with zero attached hydrogens (tertiary/aromatic N) is 1. The predicted molar refractivity (Wildman–Crippen MR) is 139 cm³/mol. The summed E-state index contributed by atoms with van der Waals surface area (Å²) in [6.07, 6.45) is 0.109. The molecular weight excluding hydrogens is 455 g/mol. The molecule has 0 spiro atoms. The van der Waals surface area contributed by atoms with Crippen molar-refractivity contribution in [3.63, 3.8) is 0 Å². The molecule has 0 radical (unpaired) electrons. The van der Waals surface area contributed by atoms with Gasteiger partial charge in [0, 0.05) is 11.4 Å². The third kappa shape index (κ3) is 7.03. The lowest BCUT2D eigenvalue weighted by Crippen LogP contribution is -2.34. The van der Waals surface area contributed by atoms with Crippen LogP contribution in [0.5, 0.6) is 5.75 Å². The summed E-state index contributed by atoms with van der Waals surface area (Å²) >= 11 is 0. The maximum Gasteiger partial charge on any atom is 0.265 e. The number of benzene rings is 4. The molecule has 0 aromatic heterocycles. The molecule has 5 nitrogen and oxygen atoms in total. The lowest BCUT2D eigenvalue weighted by Gasteiger charge is -2.24. The molecule has 0 atom stereocenters. The molecule has 0 heterocycles. The van der Waals surface area contributed by atoms with Gasteiger partial charge in [0.15, 0.2) is 6.61 Å². The summed E-state index contributed by atoms with van der Waals surface area (Å²) in [6.45, 7) is 2.26. The number of carbonyl (C=O) groups is 2. The molecule has 0 aliphatic heterocycles. The molecule has 4 rings (SSSR count). The van der Waals surface area contributed by atoms with E-state index in [4.69, 9.17) is 4.74 Å². The van der Waals surface area contributed by atoms with Gasteiger partial charge in [0.1, 0.15) is 11.6 Å². The van der Waals surface area contributed by atoms with Gasteiger partial charge in [0.05, 0.1) is 13.0 Å². The maximum absolute atomic E-state index is 13.3. The van der Waals surface area contributed by atoms with E-state index in [1.807, 2.05) is 73.7 Å². The monoisotopic (exact) mass is 482 g/mol. The Kier molecular flexibility index (Phi) is 8.08. The Balaban J connectivity index is 1.51. The van der Waals surface area contributed by atoms with Gasteiger partial charge >= 0.3 is 0 Å². The second-order valence-electron chi connectivity index (χ2n) is 8.47. The van der Waals surface area contributed by atoms with Crippen LogP contribution in [-0.4, -0.2) is 18.4 Å². The summed E-state index contributed by atoms with van der Waals surface area (Å²) in [5.41, 5.74) is 4.06. The average Bonchev–Trinajstić information content (AvgIpc) is 2.89. The molecule has 1 N–H and O–H groups in total. The molecular formula is C30H27FN2O3. The minimum absolute atomic E-state index is 0.109. The number of amides is 2. The molecule has 0 aliphatic rings. The molecule has 0 saturated heterocycles. The molecule has 0 fully saturated rings. The number of hydrogen-bond donors (Lipinski definition) is 1. The molecule has 0 bridgehead atoms. The average molecular weight is 483 g/mol. The van der Waals surface area contributed by atoms with Crippen LogP contribution >= 0.6 is 0 Å². The first-order valence-electron chi connectivity index (χ1n) is 11.6. The number of nitrogens with one attached hydrogen (secondary N) is 1. The zero-order valence-electron chi connectivity index (χ0n) is 20.0. The molecule has 0 unspecified atom stereocenters. The molecule has 4 aromatic carbocycles. The second-order valence-corrected chi connectivity index (χ2v) is 8.47. The van der Waals surface area contributed by atoms with Crippen molar-refractivity contribution >= 4 is 23.2 Å². The smallest absolute Gasteiger partial charge is 0.265 e. The molecule has 6 heteroatoms. The van der Waals surface area contributed by atoms with Crippen molar-refractivity contribution in [2.24, 2.45) is 0 Å². The SMILES string of the molecule is Cc1ccc(CN(C(=O)COc2ccccc2)c2cccc(CC(=O)Nc3ccc(F)cc3)c2)cc1. The highest BCUT2D eigenvalue weighted by molar-refractivity contribution is 5.95. The predicted octanol–water partition coefficient (Wildman–Crippen LogP) is 5.93. The Morgan fingerprint density at radius 3 is 2.28 bits per heavy atom. The van der Waals surface area contributed by atoms with Gasteiger partial charge in [-0.2, -0.15) is 0 Å². The summed E-state index contributed by atoms with van der Waals surface area (Å²) in [7, 11) is 0. The number of anilines is 2. The van der Waals surface area contributed by atoms with Crippen LogP contribution in [0, 0.1) is 12.7 Å². The first-order chi connectivity index (χ1) is 17.5. The van der Waals surface area contributed by atoms with Crippen molar-refractivity contribution in [1.82, 2.24) is 0 Å². The summed E-state index contributed by atoms with van der Waals surface area (Å²) in [4.78, 5) is 27.5. The largest absolute Gasteiger partial charge is 0.484 e. The van der Waals surface area contributed by atoms with Crippen molar-refractivity contribution in [2.45, 2.75) is 19.9 Å². The van der Waals surface area contributed by atoms with Crippen LogP contribution in [0.4, 0.5) is 15.8 Å². The first kappa shape index (κ1) is 24.7. The van der Waals surface area contributed by atoms with Crippen LogP contribution < -0.4 is 15.0 Å². The first-order valence-corrected chi connectivity index (χ1v) is 11.6. The van der Waals surface area contributed by atoms with Crippen LogP contribution in [-0.2, 0) is 22.6 Å². The zero-order valence-corrected chi connectivity index (χ0v) is 20.0. The summed E-state index contributed by atoms with van der Waals surface area (Å²) in [6, 6.07) is 30.1. The Labute approximate surface area is 210 Å². The topological polar surface area (TPSA) is 58.6 Å². The van der Waals surface area contributed by atoms with Crippen LogP contribution in [0.2, 0.25) is 0 Å². The van der Waals surface area contributed by atoms with Crippen LogP contribution in [0.3, 0.4) is 0 Å². The standard InChI is InChI=1S/C30H27FN2O3/c1-22-10-12-23(13-11-22)20-33(30(35)21-36-28-8-3-2-4-9-28)27-7-5-6-24(18-27)19-29(34)32-26-16-14-25(31)15-17-26/h2-18H,19-21H2,1H3,(H,32,34). The summed E-state index contributed by atoms with van der Waals surface area (Å²) in [5.74, 6) is -0.183. The fraction of sp³-hybridized carbons (Fsp3) is 0.133. The van der Waals surface area contributed by atoms with Gasteiger partial charge in [-0.05, 0) is 66.6 Å². The number of carbonyl (C=O) groups excluding carboxylic acids is 2. The van der Waals surface area contributed by atoms with Crippen molar-refractivity contribution < 1.29 is 18.7 Å². The summed E-state index contributed by atoms with van der Waals surface area (Å²) in [5, 5.41) is 2.77. The lowest BCUT2D eigenvalue weighted by molar-refractivity contribution is -0.120. The fourth-order valence-corrected chi connectivity index (χ4v) is 3.70. The number of aryl methyl sites for hydroxylation is 1. The normalized spacial score (nSPS) is 10.5. The molecule has 36 heavy (non-hydrogen) atoms. The van der Waals surface area contributed by atoms with Crippen LogP contribution in [0.1, 0.15) is 16.7 Å². The van der Waals surface area contributed by atoms with Crippen LogP contribution in [0.25, 0.3) is 0 Å². The van der Waals surface area contributed by atoms with E-state index in [1.165, 1.54) is 24.3 Å². The number of para-hydroxylation sites is 1. The lowest BCUT2D eigenvalue weighted by atomic mass is 10.1. The van der Waals surface area contributed by atoms with Gasteiger partial charge in [-0.25, -0.2) is 4.39 Å². The van der Waals surface area contributed by atoms with Crippen molar-refractivity contribution in [1.29, 1.82) is 0 Å². The van der Waals surface area contributed by atoms with Gasteiger partial charge < -0.3 is 15.0 Å². The van der Waals surface area contributed by atoms with E-state index in [1.54, 1.807) is 17.0 Å². The number of hydrogen-bond acceptors (Lipinski definition) is 3. The Bertz CT molecular complexity index is 1310. The van der Waals surface area contributed by atoms with Crippen molar-refractivity contribution in [2.75, 3.05) is 16.8 Å². The minimum atomic E-state index is -0.365. The highest BCUT2D eigenvalue weighted by Gasteiger charge is 2.18. The number of rotatable bonds is 9. The van der Waals surface area contributed by atoms with E-state index in [2.05, 4.69) is 5.32 Å². The van der Waals surface area contributed by atoms with E-state index < -0.39 is 0 Å². The van der Waals surface area contributed by atoms with E-state index >= 15 is 0 Å². The van der Waals surface area contributed by atoms with E-state index in [0.717, 1.165) is 16.7 Å². The number of ether oxygens (including phenoxy) is 1. The quantitative estimate of drug-likeness (QED) is 0.322. The molecule has 0 saturated carbocycles. The van der Waals surface area contributed by atoms with E-state index in [-0.39, 0.29) is 30.7 Å². The van der Waals surface area contributed by atoms with Crippen LogP contribution in [0.15, 0.2) is 103 Å². The van der Waals surface area contributed by atoms with Gasteiger partial charge in [-0.15, -0.1) is 0 Å². The molecule has 2 amide bonds. The fourth-order valence-electron chi connectivity index (χ4n) is 3.70. The van der Waals surface area contributed by atoms with Gasteiger partial charge in [0.25, 0.3) is 5.91 Å². The highest BCUT2D eigenvalue weighted by Crippen LogP contribution is 2.21. The Morgan fingerprint density at radius 1 is 0.833 bits per heavy atom. The highest BCUT2D eigenvalue weighted by atomic mass is 19.1. The molecule has 4 aromatic rings. The van der Waals surface area contributed by atoms with Gasteiger partial charge in [-0.1, -0.05) is 60.2 Å². The van der Waals surface area contributed by atoms with Gasteiger partial charge in [0.2, 0.25) is 5.91 Å². The summed E-state index contributed by atoms with van der Waals surface area (Å²) < 4.78 is 18.8. The molecule has 182 valence electrons. The zero-order chi connectivity index (χ0) is 25.3. The third-order valence-electron chi connectivity index (χ3n) is 5.58. The van der Waals surface area contributed by atoms with E-state index in [0.29, 0.717) is 23.7 Å². The number of halogens is 1. The van der Waals surface area contributed by atoms with Crippen molar-refractivity contribution in [3.05, 3.63) is 126 Å². The minimum Gasteiger partial charge on any atom is -0.484 e. The van der Waals surface area contributed by atoms with E-state index in [9.17, 15) is 14.0 Å². The van der Waals surface area contributed by atoms with Crippen molar-refractivity contribution in [3.8, 4) is 5.75 Å². The maximum atomic E-state index is 13.3. The Morgan fingerprint density at radius 2 is 1.56 bits per heavy atom. The second kappa shape index (κ2) is 11.8.